The minimum Gasteiger partial charge on any atom is -0.444 e. The second-order valence-electron chi connectivity index (χ2n) is 10.5. The lowest BCUT2D eigenvalue weighted by molar-refractivity contribution is 0.0176. The maximum absolute atomic E-state index is 13.3. The Morgan fingerprint density at radius 3 is 2.46 bits per heavy atom. The largest absolute Gasteiger partial charge is 0.444 e. The van der Waals surface area contributed by atoms with Gasteiger partial charge in [-0.25, -0.2) is 9.78 Å². The van der Waals surface area contributed by atoms with Crippen LogP contribution < -0.4 is 11.1 Å². The number of hydrogen-bond donors (Lipinski definition) is 2. The Hall–Kier alpha value is -3.95. The summed E-state index contributed by atoms with van der Waals surface area (Å²) in [6, 6.07) is 8.55. The Kier molecular flexibility index (Phi) is 7.20. The van der Waals surface area contributed by atoms with Crippen molar-refractivity contribution in [3.63, 3.8) is 0 Å². The Balaban J connectivity index is 1.47. The number of likely N-dealkylation sites (tertiary alicyclic amines) is 1. The predicted octanol–water partition coefficient (Wildman–Crippen LogP) is 4.05. The second kappa shape index (κ2) is 10.2. The van der Waals surface area contributed by atoms with Crippen LogP contribution in [0.5, 0.6) is 0 Å². The van der Waals surface area contributed by atoms with Gasteiger partial charge in [-0.2, -0.15) is 5.10 Å². The van der Waals surface area contributed by atoms with E-state index in [9.17, 15) is 14.4 Å². The first-order valence-electron chi connectivity index (χ1n) is 12.5. The molecule has 0 spiro atoms. The van der Waals surface area contributed by atoms with Crippen molar-refractivity contribution >= 4 is 34.5 Å². The number of para-hydroxylation sites is 1. The molecule has 1 aliphatic rings. The fourth-order valence-corrected chi connectivity index (χ4v) is 4.60. The van der Waals surface area contributed by atoms with E-state index in [1.165, 1.54) is 6.07 Å². The molecule has 1 saturated heterocycles. The highest BCUT2D eigenvalue weighted by Gasteiger charge is 2.28. The van der Waals surface area contributed by atoms with Crippen LogP contribution in [-0.2, 0) is 11.3 Å². The van der Waals surface area contributed by atoms with Crippen molar-refractivity contribution in [3.05, 3.63) is 53.0 Å². The van der Waals surface area contributed by atoms with E-state index in [1.54, 1.807) is 23.1 Å². The van der Waals surface area contributed by atoms with Gasteiger partial charge in [-0.05, 0) is 65.5 Å². The zero-order valence-electron chi connectivity index (χ0n) is 22.0. The lowest BCUT2D eigenvalue weighted by Gasteiger charge is -2.33. The first kappa shape index (κ1) is 26.1. The molecule has 0 saturated carbocycles. The molecule has 3 heterocycles. The van der Waals surface area contributed by atoms with E-state index in [0.717, 1.165) is 18.5 Å². The lowest BCUT2D eigenvalue weighted by Crippen LogP contribution is -2.42. The standard InChI is InChI=1S/C27H34N6O4/c1-16-23(30-25(35)20-14-22(24(28)34)29-21-9-7-6-8-19(20)21)17(2)33(31-16)15-18-10-12-32(13-11-18)26(36)37-27(3,4)5/h6-9,14,18H,10-13,15H2,1-5H3,(H2,28,34)(H,30,35). The molecule has 1 aliphatic heterocycles. The van der Waals surface area contributed by atoms with Gasteiger partial charge in [0.05, 0.1) is 28.2 Å². The van der Waals surface area contributed by atoms with Gasteiger partial charge in [0, 0.05) is 25.0 Å². The fourth-order valence-electron chi connectivity index (χ4n) is 4.60. The highest BCUT2D eigenvalue weighted by molar-refractivity contribution is 6.14. The first-order valence-corrected chi connectivity index (χ1v) is 12.5. The molecule has 2 aromatic heterocycles. The van der Waals surface area contributed by atoms with Crippen molar-refractivity contribution in [1.29, 1.82) is 0 Å². The number of primary amides is 1. The number of amides is 3. The summed E-state index contributed by atoms with van der Waals surface area (Å²) in [5, 5.41) is 8.28. The Labute approximate surface area is 216 Å². The van der Waals surface area contributed by atoms with E-state index >= 15 is 0 Å². The molecule has 0 atom stereocenters. The number of anilines is 1. The molecule has 3 aromatic rings. The van der Waals surface area contributed by atoms with Gasteiger partial charge in [-0.15, -0.1) is 0 Å². The smallest absolute Gasteiger partial charge is 0.410 e. The molecule has 1 fully saturated rings. The molecule has 37 heavy (non-hydrogen) atoms. The maximum Gasteiger partial charge on any atom is 0.410 e. The summed E-state index contributed by atoms with van der Waals surface area (Å²) < 4.78 is 7.40. The van der Waals surface area contributed by atoms with Gasteiger partial charge in [-0.1, -0.05) is 18.2 Å². The van der Waals surface area contributed by atoms with E-state index < -0.39 is 11.5 Å². The number of piperidine rings is 1. The van der Waals surface area contributed by atoms with E-state index in [1.807, 2.05) is 45.4 Å². The van der Waals surface area contributed by atoms with Crippen LogP contribution in [0, 0.1) is 19.8 Å². The van der Waals surface area contributed by atoms with E-state index in [-0.39, 0.29) is 17.7 Å². The zero-order chi connectivity index (χ0) is 26.9. The Bertz CT molecular complexity index is 1350. The van der Waals surface area contributed by atoms with Gasteiger partial charge in [-0.3, -0.25) is 14.3 Å². The summed E-state index contributed by atoms with van der Waals surface area (Å²) in [4.78, 5) is 43.5. The van der Waals surface area contributed by atoms with Crippen molar-refractivity contribution in [2.45, 2.75) is 59.6 Å². The topological polar surface area (TPSA) is 132 Å². The minimum absolute atomic E-state index is 0.0331. The predicted molar refractivity (Wildman–Crippen MR) is 140 cm³/mol. The number of fused-ring (bicyclic) bond motifs is 1. The summed E-state index contributed by atoms with van der Waals surface area (Å²) in [6.07, 6.45) is 1.42. The zero-order valence-corrected chi connectivity index (χ0v) is 22.0. The molecule has 0 radical (unpaired) electrons. The molecular weight excluding hydrogens is 472 g/mol. The highest BCUT2D eigenvalue weighted by atomic mass is 16.6. The molecule has 4 rings (SSSR count). The van der Waals surface area contributed by atoms with Crippen LogP contribution in [0.1, 0.15) is 65.8 Å². The molecule has 196 valence electrons. The lowest BCUT2D eigenvalue weighted by atomic mass is 9.97. The number of nitrogens with zero attached hydrogens (tertiary/aromatic N) is 4. The SMILES string of the molecule is Cc1nn(CC2CCN(C(=O)OC(C)(C)C)CC2)c(C)c1NC(=O)c1cc(C(N)=O)nc2ccccc12. The van der Waals surface area contributed by atoms with Gasteiger partial charge >= 0.3 is 6.09 Å². The van der Waals surface area contributed by atoms with Gasteiger partial charge in [0.25, 0.3) is 11.8 Å². The molecule has 0 unspecified atom stereocenters. The number of ether oxygens (including phenoxy) is 1. The monoisotopic (exact) mass is 506 g/mol. The summed E-state index contributed by atoms with van der Waals surface area (Å²) in [5.41, 5.74) is 7.98. The van der Waals surface area contributed by atoms with Crippen molar-refractivity contribution in [1.82, 2.24) is 19.7 Å². The molecule has 0 bridgehead atoms. The number of nitrogens with one attached hydrogen (secondary N) is 1. The first-order chi connectivity index (χ1) is 17.4. The number of aromatic nitrogens is 3. The number of rotatable bonds is 5. The number of hydrogen-bond acceptors (Lipinski definition) is 6. The molecule has 10 heteroatoms. The Morgan fingerprint density at radius 2 is 1.81 bits per heavy atom. The number of nitrogens with two attached hydrogens (primary N) is 1. The Morgan fingerprint density at radius 1 is 1.14 bits per heavy atom. The average molecular weight is 507 g/mol. The number of benzene rings is 1. The van der Waals surface area contributed by atoms with Gasteiger partial charge in [0.15, 0.2) is 0 Å². The van der Waals surface area contributed by atoms with Crippen LogP contribution >= 0.6 is 0 Å². The molecule has 10 nitrogen and oxygen atoms in total. The maximum atomic E-state index is 13.3. The third-order valence-corrected chi connectivity index (χ3v) is 6.53. The molecular formula is C27H34N6O4. The third kappa shape index (κ3) is 5.90. The summed E-state index contributed by atoms with van der Waals surface area (Å²) in [7, 11) is 0. The van der Waals surface area contributed by atoms with Crippen LogP contribution in [-0.4, -0.2) is 56.3 Å². The van der Waals surface area contributed by atoms with Crippen LogP contribution in [0.15, 0.2) is 30.3 Å². The van der Waals surface area contributed by atoms with E-state index in [0.29, 0.717) is 53.4 Å². The number of aryl methyl sites for hydroxylation is 1. The molecule has 1 aromatic carbocycles. The normalized spacial score (nSPS) is 14.6. The van der Waals surface area contributed by atoms with E-state index in [2.05, 4.69) is 15.4 Å². The minimum atomic E-state index is -0.697. The number of pyridine rings is 1. The summed E-state index contributed by atoms with van der Waals surface area (Å²) in [5.74, 6) is -0.710. The second-order valence-corrected chi connectivity index (χ2v) is 10.5. The van der Waals surface area contributed by atoms with Crippen molar-refractivity contribution in [2.75, 3.05) is 18.4 Å². The summed E-state index contributed by atoms with van der Waals surface area (Å²) >= 11 is 0. The van der Waals surface area contributed by atoms with Gasteiger partial charge in [0.1, 0.15) is 11.3 Å². The van der Waals surface area contributed by atoms with Crippen LogP contribution in [0.25, 0.3) is 10.9 Å². The van der Waals surface area contributed by atoms with Crippen LogP contribution in [0.3, 0.4) is 0 Å². The molecule has 3 N–H and O–H groups in total. The van der Waals surface area contributed by atoms with Crippen molar-refractivity contribution < 1.29 is 19.1 Å². The number of carbonyl (C=O) groups excluding carboxylic acids is 3. The van der Waals surface area contributed by atoms with E-state index in [4.69, 9.17) is 10.5 Å². The highest BCUT2D eigenvalue weighted by Crippen LogP contribution is 2.26. The molecule has 0 aliphatic carbocycles. The van der Waals surface area contributed by atoms with Crippen LogP contribution in [0.2, 0.25) is 0 Å². The van der Waals surface area contributed by atoms with Crippen molar-refractivity contribution in [2.24, 2.45) is 11.7 Å². The summed E-state index contributed by atoms with van der Waals surface area (Å²) in [6.45, 7) is 11.3. The average Bonchev–Trinajstić information content (AvgIpc) is 3.09. The van der Waals surface area contributed by atoms with Gasteiger partial charge < -0.3 is 20.7 Å². The third-order valence-electron chi connectivity index (χ3n) is 6.53. The number of carbonyl (C=O) groups is 3. The molecule has 3 amide bonds. The van der Waals surface area contributed by atoms with Crippen LogP contribution in [0.4, 0.5) is 10.5 Å². The fraction of sp³-hybridized carbons (Fsp3) is 0.444. The van der Waals surface area contributed by atoms with Gasteiger partial charge in [0.2, 0.25) is 0 Å². The van der Waals surface area contributed by atoms with Crippen molar-refractivity contribution in [3.8, 4) is 0 Å². The quantitative estimate of drug-likeness (QED) is 0.537.